The Morgan fingerprint density at radius 1 is 1.26 bits per heavy atom. The minimum Gasteiger partial charge on any atom is -0.308 e. The Labute approximate surface area is 117 Å². The molecule has 102 valence electrons. The second kappa shape index (κ2) is 6.08. The number of nitrogens with zero attached hydrogens (tertiary/aromatic N) is 3. The number of aryl methyl sites for hydroxylation is 1. The van der Waals surface area contributed by atoms with Crippen molar-refractivity contribution >= 4 is 17.2 Å². The zero-order chi connectivity index (χ0) is 13.8. The van der Waals surface area contributed by atoms with E-state index in [2.05, 4.69) is 34.2 Å². The topological polar surface area (TPSA) is 76.7 Å². The van der Waals surface area contributed by atoms with E-state index in [1.165, 1.54) is 0 Å². The molecule has 5 nitrogen and oxygen atoms in total. The largest absolute Gasteiger partial charge is 0.308 e. The summed E-state index contributed by atoms with van der Waals surface area (Å²) in [5.41, 5.74) is 4.62. The molecule has 0 amide bonds. The van der Waals surface area contributed by atoms with Crippen molar-refractivity contribution in [3.63, 3.8) is 0 Å². The highest BCUT2D eigenvalue weighted by atomic mass is 32.1. The third-order valence-electron chi connectivity index (χ3n) is 2.60. The van der Waals surface area contributed by atoms with Crippen molar-refractivity contribution < 1.29 is 0 Å². The number of nitrogens with two attached hydrogens (primary N) is 1. The molecule has 2 heterocycles. The summed E-state index contributed by atoms with van der Waals surface area (Å²) in [5, 5.41) is 3.11. The zero-order valence-electron chi connectivity index (χ0n) is 11.5. The van der Waals surface area contributed by atoms with Gasteiger partial charge in [0, 0.05) is 17.1 Å². The Morgan fingerprint density at radius 3 is 2.63 bits per heavy atom. The number of anilines is 1. The lowest BCUT2D eigenvalue weighted by molar-refractivity contribution is 0.631. The molecule has 0 aromatic carbocycles. The molecule has 0 bridgehead atoms. The molecule has 0 saturated carbocycles. The minimum atomic E-state index is 0.551. The molecule has 0 atom stereocenters. The van der Waals surface area contributed by atoms with Gasteiger partial charge in [-0.05, 0) is 19.3 Å². The van der Waals surface area contributed by atoms with E-state index in [-0.39, 0.29) is 0 Å². The molecule has 0 fully saturated rings. The summed E-state index contributed by atoms with van der Waals surface area (Å²) in [4.78, 5) is 13.4. The molecule has 0 spiro atoms. The molecule has 2 rings (SSSR count). The highest BCUT2D eigenvalue weighted by Gasteiger charge is 2.08. The number of hydrazine groups is 1. The van der Waals surface area contributed by atoms with E-state index in [0.29, 0.717) is 18.2 Å². The van der Waals surface area contributed by atoms with Crippen LogP contribution in [-0.2, 0) is 12.8 Å². The van der Waals surface area contributed by atoms with Crippen LogP contribution in [0.5, 0.6) is 0 Å². The summed E-state index contributed by atoms with van der Waals surface area (Å²) in [6, 6.07) is 1.90. The van der Waals surface area contributed by atoms with Crippen molar-refractivity contribution in [2.45, 2.75) is 33.6 Å². The second-order valence-electron chi connectivity index (χ2n) is 4.94. The van der Waals surface area contributed by atoms with Crippen molar-refractivity contribution in [1.82, 2.24) is 15.0 Å². The molecule has 0 radical (unpaired) electrons. The maximum atomic E-state index is 5.46. The van der Waals surface area contributed by atoms with E-state index in [9.17, 15) is 0 Å². The van der Waals surface area contributed by atoms with Crippen LogP contribution in [0, 0.1) is 12.8 Å². The van der Waals surface area contributed by atoms with Gasteiger partial charge >= 0.3 is 0 Å². The molecule has 2 aromatic heterocycles. The first-order valence-electron chi connectivity index (χ1n) is 6.31. The van der Waals surface area contributed by atoms with Crippen LogP contribution in [0.15, 0.2) is 11.4 Å². The summed E-state index contributed by atoms with van der Waals surface area (Å²) in [5.74, 6) is 7.43. The van der Waals surface area contributed by atoms with E-state index >= 15 is 0 Å². The summed E-state index contributed by atoms with van der Waals surface area (Å²) in [6.45, 7) is 6.33. The van der Waals surface area contributed by atoms with Crippen LogP contribution >= 0.6 is 11.3 Å². The molecule has 0 unspecified atom stereocenters. The lowest BCUT2D eigenvalue weighted by Gasteiger charge is -2.08. The number of aromatic nitrogens is 3. The van der Waals surface area contributed by atoms with E-state index in [1.54, 1.807) is 11.3 Å². The molecule has 3 N–H and O–H groups in total. The van der Waals surface area contributed by atoms with E-state index in [4.69, 9.17) is 5.84 Å². The van der Waals surface area contributed by atoms with Crippen molar-refractivity contribution in [3.05, 3.63) is 33.7 Å². The van der Waals surface area contributed by atoms with Gasteiger partial charge in [-0.2, -0.15) is 0 Å². The normalized spacial score (nSPS) is 11.0. The standard InChI is InChI=1S/C13H19N5S/c1-8(2)4-10-5-13(18-14)17-12(16-10)6-11-7-19-9(3)15-11/h5,7-8H,4,6,14H2,1-3H3,(H,16,17,18). The Morgan fingerprint density at radius 2 is 2.05 bits per heavy atom. The number of thiazole rings is 1. The SMILES string of the molecule is Cc1nc(Cc2nc(CC(C)C)cc(NN)n2)cs1. The van der Waals surface area contributed by atoms with Gasteiger partial charge in [-0.3, -0.25) is 0 Å². The van der Waals surface area contributed by atoms with E-state index in [1.807, 2.05) is 18.4 Å². The van der Waals surface area contributed by atoms with Gasteiger partial charge in [0.1, 0.15) is 11.6 Å². The molecule has 2 aromatic rings. The molecular weight excluding hydrogens is 258 g/mol. The average molecular weight is 277 g/mol. The smallest absolute Gasteiger partial charge is 0.143 e. The quantitative estimate of drug-likeness (QED) is 0.648. The van der Waals surface area contributed by atoms with Crippen molar-refractivity contribution in [1.29, 1.82) is 0 Å². The van der Waals surface area contributed by atoms with Gasteiger partial charge in [-0.1, -0.05) is 13.8 Å². The third kappa shape index (κ3) is 3.97. The number of nitrogen functional groups attached to an aromatic ring is 1. The number of nitrogens with one attached hydrogen (secondary N) is 1. The van der Waals surface area contributed by atoms with Gasteiger partial charge in [-0.25, -0.2) is 20.8 Å². The van der Waals surface area contributed by atoms with E-state index in [0.717, 1.165) is 28.6 Å². The van der Waals surface area contributed by atoms with Crippen LogP contribution in [0.1, 0.15) is 36.1 Å². The van der Waals surface area contributed by atoms with Crippen molar-refractivity contribution in [2.24, 2.45) is 11.8 Å². The molecule has 0 aliphatic heterocycles. The first kappa shape index (κ1) is 13.9. The minimum absolute atomic E-state index is 0.551. The Kier molecular flexibility index (Phi) is 4.44. The fourth-order valence-corrected chi connectivity index (χ4v) is 2.49. The molecule has 0 saturated heterocycles. The average Bonchev–Trinajstić information content (AvgIpc) is 2.73. The highest BCUT2D eigenvalue weighted by molar-refractivity contribution is 7.09. The summed E-state index contributed by atoms with van der Waals surface area (Å²) >= 11 is 1.64. The van der Waals surface area contributed by atoms with Gasteiger partial charge in [-0.15, -0.1) is 11.3 Å². The zero-order valence-corrected chi connectivity index (χ0v) is 12.3. The first-order valence-corrected chi connectivity index (χ1v) is 7.19. The summed E-state index contributed by atoms with van der Waals surface area (Å²) in [7, 11) is 0. The monoisotopic (exact) mass is 277 g/mol. The maximum Gasteiger partial charge on any atom is 0.143 e. The first-order chi connectivity index (χ1) is 9.06. The number of hydrogen-bond donors (Lipinski definition) is 2. The van der Waals surface area contributed by atoms with Gasteiger partial charge in [0.2, 0.25) is 0 Å². The van der Waals surface area contributed by atoms with Crippen LogP contribution < -0.4 is 11.3 Å². The fourth-order valence-electron chi connectivity index (χ4n) is 1.88. The fraction of sp³-hybridized carbons (Fsp3) is 0.462. The summed E-state index contributed by atoms with van der Waals surface area (Å²) in [6.07, 6.45) is 1.56. The number of rotatable bonds is 5. The van der Waals surface area contributed by atoms with Gasteiger partial charge < -0.3 is 5.43 Å². The van der Waals surface area contributed by atoms with Crippen LogP contribution in [-0.4, -0.2) is 15.0 Å². The lowest BCUT2D eigenvalue weighted by Crippen LogP contribution is -2.12. The predicted octanol–water partition coefficient (Wildman–Crippen LogP) is 2.32. The van der Waals surface area contributed by atoms with Crippen LogP contribution in [0.2, 0.25) is 0 Å². The van der Waals surface area contributed by atoms with Crippen molar-refractivity contribution in [3.8, 4) is 0 Å². The molecule has 6 heteroatoms. The third-order valence-corrected chi connectivity index (χ3v) is 3.42. The Balaban J connectivity index is 2.23. The Bertz CT molecular complexity index is 550. The molecule has 0 aliphatic carbocycles. The van der Waals surface area contributed by atoms with Gasteiger partial charge in [0.25, 0.3) is 0 Å². The van der Waals surface area contributed by atoms with Crippen LogP contribution in [0.3, 0.4) is 0 Å². The van der Waals surface area contributed by atoms with Crippen LogP contribution in [0.25, 0.3) is 0 Å². The van der Waals surface area contributed by atoms with Gasteiger partial charge in [0.15, 0.2) is 0 Å². The maximum absolute atomic E-state index is 5.46. The second-order valence-corrected chi connectivity index (χ2v) is 6.00. The highest BCUT2D eigenvalue weighted by Crippen LogP contribution is 2.14. The molecule has 19 heavy (non-hydrogen) atoms. The number of hydrogen-bond acceptors (Lipinski definition) is 6. The van der Waals surface area contributed by atoms with Gasteiger partial charge in [0.05, 0.1) is 17.1 Å². The lowest BCUT2D eigenvalue weighted by atomic mass is 10.1. The van der Waals surface area contributed by atoms with Crippen molar-refractivity contribution in [2.75, 3.05) is 5.43 Å². The Hall–Kier alpha value is -1.53. The molecule has 0 aliphatic rings. The predicted molar refractivity (Wildman–Crippen MR) is 78.0 cm³/mol. The molecular formula is C13H19N5S. The van der Waals surface area contributed by atoms with E-state index < -0.39 is 0 Å². The summed E-state index contributed by atoms with van der Waals surface area (Å²) < 4.78 is 0. The van der Waals surface area contributed by atoms with Crippen LogP contribution in [0.4, 0.5) is 5.82 Å².